The first-order valence-electron chi connectivity index (χ1n) is 8.85. The van der Waals surface area contributed by atoms with Crippen molar-refractivity contribution in [3.63, 3.8) is 0 Å². The van der Waals surface area contributed by atoms with Crippen LogP contribution in [0.3, 0.4) is 0 Å². The maximum atomic E-state index is 13.0. The first kappa shape index (κ1) is 18.4. The largest absolute Gasteiger partial charge is 0.349 e. The molecule has 0 fully saturated rings. The van der Waals surface area contributed by atoms with Gasteiger partial charge < -0.3 is 10.3 Å². The highest BCUT2D eigenvalue weighted by molar-refractivity contribution is 8.00. The SMILES string of the molecule is C[C@H](Sc1nnc2c(n1)[nH]c1ccccc12)C(=O)N[C@H](C)c1ccc(F)cc1. The first-order chi connectivity index (χ1) is 13.5. The second kappa shape index (κ2) is 7.55. The van der Waals surface area contributed by atoms with Crippen molar-refractivity contribution in [2.45, 2.75) is 30.3 Å². The van der Waals surface area contributed by atoms with Crippen LogP contribution in [0.4, 0.5) is 4.39 Å². The number of amides is 1. The third-order valence-corrected chi connectivity index (χ3v) is 5.43. The number of carbonyl (C=O) groups excluding carboxylic acids is 1. The van der Waals surface area contributed by atoms with Gasteiger partial charge in [0.1, 0.15) is 11.3 Å². The Morgan fingerprint density at radius 2 is 1.86 bits per heavy atom. The molecular formula is C20H18FN5OS. The maximum absolute atomic E-state index is 13.0. The Morgan fingerprint density at radius 3 is 2.64 bits per heavy atom. The van der Waals surface area contributed by atoms with Crippen molar-refractivity contribution in [1.82, 2.24) is 25.5 Å². The summed E-state index contributed by atoms with van der Waals surface area (Å²) in [4.78, 5) is 20.2. The van der Waals surface area contributed by atoms with Crippen LogP contribution < -0.4 is 5.32 Å². The number of nitrogens with zero attached hydrogens (tertiary/aromatic N) is 3. The number of carbonyl (C=O) groups is 1. The first-order valence-corrected chi connectivity index (χ1v) is 9.73. The fourth-order valence-corrected chi connectivity index (χ4v) is 3.66. The number of hydrogen-bond acceptors (Lipinski definition) is 5. The molecule has 0 saturated carbocycles. The topological polar surface area (TPSA) is 83.6 Å². The second-order valence-corrected chi connectivity index (χ2v) is 7.81. The van der Waals surface area contributed by atoms with Gasteiger partial charge in [-0.25, -0.2) is 9.37 Å². The predicted octanol–water partition coefficient (Wildman–Crippen LogP) is 4.00. The molecule has 2 heterocycles. The molecule has 0 spiro atoms. The van der Waals surface area contributed by atoms with E-state index in [2.05, 4.69) is 25.5 Å². The van der Waals surface area contributed by atoms with Crippen molar-refractivity contribution in [2.24, 2.45) is 0 Å². The van der Waals surface area contributed by atoms with Crippen LogP contribution >= 0.6 is 11.8 Å². The van der Waals surface area contributed by atoms with Crippen molar-refractivity contribution in [2.75, 3.05) is 0 Å². The van der Waals surface area contributed by atoms with Gasteiger partial charge in [0.05, 0.1) is 11.3 Å². The highest BCUT2D eigenvalue weighted by atomic mass is 32.2. The highest BCUT2D eigenvalue weighted by Gasteiger charge is 2.19. The van der Waals surface area contributed by atoms with Gasteiger partial charge >= 0.3 is 0 Å². The van der Waals surface area contributed by atoms with E-state index in [0.29, 0.717) is 16.3 Å². The average molecular weight is 395 g/mol. The van der Waals surface area contributed by atoms with E-state index in [9.17, 15) is 9.18 Å². The van der Waals surface area contributed by atoms with Crippen LogP contribution in [0.15, 0.2) is 53.7 Å². The summed E-state index contributed by atoms with van der Waals surface area (Å²) in [6, 6.07) is 13.7. The highest BCUT2D eigenvalue weighted by Crippen LogP contribution is 2.25. The number of para-hydroxylation sites is 1. The van der Waals surface area contributed by atoms with Gasteiger partial charge in [0, 0.05) is 10.9 Å². The summed E-state index contributed by atoms with van der Waals surface area (Å²) in [5, 5.41) is 12.3. The van der Waals surface area contributed by atoms with Gasteiger partial charge in [-0.1, -0.05) is 42.1 Å². The van der Waals surface area contributed by atoms with E-state index < -0.39 is 5.25 Å². The molecule has 2 atom stereocenters. The zero-order valence-corrected chi connectivity index (χ0v) is 16.1. The van der Waals surface area contributed by atoms with Crippen LogP contribution in [0.2, 0.25) is 0 Å². The molecule has 2 N–H and O–H groups in total. The molecule has 142 valence electrons. The van der Waals surface area contributed by atoms with Crippen molar-refractivity contribution in [1.29, 1.82) is 0 Å². The van der Waals surface area contributed by atoms with Gasteiger partial charge in [-0.2, -0.15) is 0 Å². The number of rotatable bonds is 5. The van der Waals surface area contributed by atoms with E-state index in [-0.39, 0.29) is 17.8 Å². The summed E-state index contributed by atoms with van der Waals surface area (Å²) in [7, 11) is 0. The summed E-state index contributed by atoms with van der Waals surface area (Å²) in [6.45, 7) is 3.65. The van der Waals surface area contributed by atoms with Gasteiger partial charge in [0.25, 0.3) is 0 Å². The molecule has 28 heavy (non-hydrogen) atoms. The number of halogens is 1. The Hall–Kier alpha value is -3.00. The van der Waals surface area contributed by atoms with E-state index in [1.807, 2.05) is 31.2 Å². The van der Waals surface area contributed by atoms with E-state index in [0.717, 1.165) is 16.5 Å². The Labute approximate surface area is 165 Å². The lowest BCUT2D eigenvalue weighted by Gasteiger charge is -2.17. The van der Waals surface area contributed by atoms with Crippen molar-refractivity contribution < 1.29 is 9.18 Å². The van der Waals surface area contributed by atoms with Gasteiger partial charge in [-0.05, 0) is 37.6 Å². The minimum Gasteiger partial charge on any atom is -0.349 e. The molecule has 4 aromatic rings. The number of H-pyrrole nitrogens is 1. The number of aromatic nitrogens is 4. The van der Waals surface area contributed by atoms with Crippen LogP contribution in [0, 0.1) is 5.82 Å². The molecule has 2 aromatic carbocycles. The van der Waals surface area contributed by atoms with Crippen molar-refractivity contribution >= 4 is 39.7 Å². The minimum absolute atomic E-state index is 0.151. The van der Waals surface area contributed by atoms with Gasteiger partial charge in [0.2, 0.25) is 11.1 Å². The number of thioether (sulfide) groups is 1. The smallest absolute Gasteiger partial charge is 0.233 e. The standard InChI is InChI=1S/C20H18FN5OS/c1-11(13-7-9-14(21)10-8-13)22-19(27)12(2)28-20-24-18-17(25-26-20)15-5-3-4-6-16(15)23-18/h3-12H,1-2H3,(H,22,27)(H,23,24,26)/t11-,12+/m1/s1. The number of benzene rings is 2. The Kier molecular flexibility index (Phi) is 4.95. The Bertz CT molecular complexity index is 1140. The summed E-state index contributed by atoms with van der Waals surface area (Å²) in [5.41, 5.74) is 3.14. The lowest BCUT2D eigenvalue weighted by molar-refractivity contribution is -0.120. The van der Waals surface area contributed by atoms with E-state index in [1.54, 1.807) is 19.1 Å². The van der Waals surface area contributed by atoms with Gasteiger partial charge in [-0.15, -0.1) is 10.2 Å². The third kappa shape index (κ3) is 3.68. The third-order valence-electron chi connectivity index (χ3n) is 4.48. The van der Waals surface area contributed by atoms with Crippen LogP contribution in [0.1, 0.15) is 25.5 Å². The van der Waals surface area contributed by atoms with Crippen LogP contribution in [-0.2, 0) is 4.79 Å². The van der Waals surface area contributed by atoms with Crippen molar-refractivity contribution in [3.8, 4) is 0 Å². The molecule has 0 unspecified atom stereocenters. The normalized spacial score (nSPS) is 13.5. The molecule has 2 aromatic heterocycles. The fraction of sp³-hybridized carbons (Fsp3) is 0.200. The summed E-state index contributed by atoms with van der Waals surface area (Å²) >= 11 is 1.24. The molecular weight excluding hydrogens is 377 g/mol. The molecule has 0 saturated heterocycles. The lowest BCUT2D eigenvalue weighted by atomic mass is 10.1. The molecule has 0 radical (unpaired) electrons. The molecule has 0 aliphatic carbocycles. The number of aromatic amines is 1. The summed E-state index contributed by atoms with van der Waals surface area (Å²) in [6.07, 6.45) is 0. The van der Waals surface area contributed by atoms with E-state index in [4.69, 9.17) is 0 Å². The average Bonchev–Trinajstić information content (AvgIpc) is 3.06. The van der Waals surface area contributed by atoms with E-state index >= 15 is 0 Å². The predicted molar refractivity (Wildman–Crippen MR) is 107 cm³/mol. The number of nitrogens with one attached hydrogen (secondary N) is 2. The van der Waals surface area contributed by atoms with Crippen molar-refractivity contribution in [3.05, 3.63) is 59.9 Å². The molecule has 4 rings (SSSR count). The molecule has 1 amide bonds. The quantitative estimate of drug-likeness (QED) is 0.499. The van der Waals surface area contributed by atoms with Crippen LogP contribution in [0.25, 0.3) is 22.1 Å². The number of hydrogen-bond donors (Lipinski definition) is 2. The summed E-state index contributed by atoms with van der Waals surface area (Å²) < 4.78 is 13.0. The van der Waals surface area contributed by atoms with Gasteiger partial charge in [0.15, 0.2) is 5.65 Å². The van der Waals surface area contributed by atoms with E-state index in [1.165, 1.54) is 23.9 Å². The van der Waals surface area contributed by atoms with Crippen LogP contribution in [0.5, 0.6) is 0 Å². The molecule has 8 heteroatoms. The van der Waals surface area contributed by atoms with Crippen LogP contribution in [-0.4, -0.2) is 31.3 Å². The molecule has 0 aliphatic heterocycles. The monoisotopic (exact) mass is 395 g/mol. The molecule has 0 aliphatic rings. The Morgan fingerprint density at radius 1 is 1.11 bits per heavy atom. The maximum Gasteiger partial charge on any atom is 0.233 e. The lowest BCUT2D eigenvalue weighted by Crippen LogP contribution is -2.33. The summed E-state index contributed by atoms with van der Waals surface area (Å²) in [5.74, 6) is -0.453. The molecule has 0 bridgehead atoms. The van der Waals surface area contributed by atoms with Gasteiger partial charge in [-0.3, -0.25) is 4.79 Å². The minimum atomic E-state index is -0.411. The zero-order chi connectivity index (χ0) is 19.7. The fourth-order valence-electron chi connectivity index (χ4n) is 2.93. The Balaban J connectivity index is 1.46. The molecule has 6 nitrogen and oxygen atoms in total. The zero-order valence-electron chi connectivity index (χ0n) is 15.3. The number of fused-ring (bicyclic) bond motifs is 3. The second-order valence-electron chi connectivity index (χ2n) is 6.50.